The summed E-state index contributed by atoms with van der Waals surface area (Å²) in [5, 5.41) is 0. The van der Waals surface area contributed by atoms with Crippen molar-refractivity contribution in [2.75, 3.05) is 19.7 Å². The van der Waals surface area contributed by atoms with Crippen molar-refractivity contribution in [1.29, 1.82) is 0 Å². The minimum Gasteiger partial charge on any atom is -0.462 e. The molecule has 1 aliphatic rings. The van der Waals surface area contributed by atoms with Crippen molar-refractivity contribution in [2.24, 2.45) is 0 Å². The maximum atomic E-state index is 12.2. The molecule has 0 bridgehead atoms. The van der Waals surface area contributed by atoms with Gasteiger partial charge in [-0.1, -0.05) is 42.8 Å². The Morgan fingerprint density at radius 3 is 2.48 bits per heavy atom. The zero-order chi connectivity index (χ0) is 17.6. The molecule has 0 aliphatic carbocycles. The van der Waals surface area contributed by atoms with E-state index in [2.05, 4.69) is 42.2 Å². The molecular weight excluding hydrogens is 310 g/mol. The van der Waals surface area contributed by atoms with Crippen molar-refractivity contribution >= 4 is 5.97 Å². The van der Waals surface area contributed by atoms with Crippen LogP contribution in [0.15, 0.2) is 48.5 Å². The van der Waals surface area contributed by atoms with Gasteiger partial charge >= 0.3 is 5.97 Å². The third-order valence-corrected chi connectivity index (χ3v) is 5.04. The summed E-state index contributed by atoms with van der Waals surface area (Å²) in [6.07, 6.45) is 3.82. The molecule has 1 atom stereocenters. The summed E-state index contributed by atoms with van der Waals surface area (Å²) in [5.41, 5.74) is 4.24. The Balaban J connectivity index is 2.01. The normalized spacial score (nSPS) is 16.4. The molecular formula is C22H27NO2. The number of benzene rings is 2. The van der Waals surface area contributed by atoms with E-state index in [1.807, 2.05) is 25.1 Å². The third-order valence-electron chi connectivity index (χ3n) is 5.04. The molecule has 0 radical (unpaired) electrons. The van der Waals surface area contributed by atoms with Crippen molar-refractivity contribution in [3.63, 3.8) is 0 Å². The number of ether oxygens (including phenoxy) is 1. The number of piperidine rings is 1. The van der Waals surface area contributed by atoms with Crippen LogP contribution in [0.3, 0.4) is 0 Å². The van der Waals surface area contributed by atoms with Crippen LogP contribution in [0.2, 0.25) is 0 Å². The van der Waals surface area contributed by atoms with Crippen LogP contribution in [-0.2, 0) is 4.74 Å². The van der Waals surface area contributed by atoms with Crippen molar-refractivity contribution in [3.05, 3.63) is 59.7 Å². The van der Waals surface area contributed by atoms with Gasteiger partial charge in [0.05, 0.1) is 12.2 Å². The second-order valence-corrected chi connectivity index (χ2v) is 6.66. The third kappa shape index (κ3) is 4.10. The molecule has 3 rings (SSSR count). The van der Waals surface area contributed by atoms with Crippen LogP contribution in [0, 0.1) is 0 Å². The lowest BCUT2D eigenvalue weighted by atomic mass is 9.92. The SMILES string of the molecule is CCOC(=O)c1ccc(-c2ccccc2)c(C(C)N2CCCCC2)c1. The van der Waals surface area contributed by atoms with Gasteiger partial charge in [-0.3, -0.25) is 4.90 Å². The highest BCUT2D eigenvalue weighted by atomic mass is 16.5. The van der Waals surface area contributed by atoms with Gasteiger partial charge in [-0.25, -0.2) is 4.79 Å². The molecule has 132 valence electrons. The lowest BCUT2D eigenvalue weighted by Crippen LogP contribution is -2.32. The molecule has 1 unspecified atom stereocenters. The fourth-order valence-electron chi connectivity index (χ4n) is 3.63. The molecule has 0 spiro atoms. The zero-order valence-electron chi connectivity index (χ0n) is 15.2. The van der Waals surface area contributed by atoms with Crippen LogP contribution in [0.5, 0.6) is 0 Å². The number of nitrogens with zero attached hydrogens (tertiary/aromatic N) is 1. The molecule has 3 heteroatoms. The van der Waals surface area contributed by atoms with E-state index in [0.29, 0.717) is 12.2 Å². The zero-order valence-corrected chi connectivity index (χ0v) is 15.2. The van der Waals surface area contributed by atoms with Crippen molar-refractivity contribution in [2.45, 2.75) is 39.2 Å². The van der Waals surface area contributed by atoms with E-state index in [-0.39, 0.29) is 12.0 Å². The van der Waals surface area contributed by atoms with E-state index >= 15 is 0 Å². The Bertz CT molecular complexity index is 705. The van der Waals surface area contributed by atoms with E-state index in [9.17, 15) is 4.79 Å². The number of hydrogen-bond donors (Lipinski definition) is 0. The van der Waals surface area contributed by atoms with Crippen LogP contribution in [-0.4, -0.2) is 30.6 Å². The van der Waals surface area contributed by atoms with Gasteiger partial charge in [-0.05, 0) is 68.6 Å². The highest BCUT2D eigenvalue weighted by molar-refractivity contribution is 5.90. The number of esters is 1. The summed E-state index contributed by atoms with van der Waals surface area (Å²) < 4.78 is 5.20. The maximum Gasteiger partial charge on any atom is 0.338 e. The lowest BCUT2D eigenvalue weighted by Gasteiger charge is -2.33. The van der Waals surface area contributed by atoms with E-state index in [1.54, 1.807) is 0 Å². The topological polar surface area (TPSA) is 29.5 Å². The van der Waals surface area contributed by atoms with Crippen LogP contribution < -0.4 is 0 Å². The summed E-state index contributed by atoms with van der Waals surface area (Å²) in [5.74, 6) is -0.241. The first kappa shape index (κ1) is 17.7. The number of likely N-dealkylation sites (tertiary alicyclic amines) is 1. The van der Waals surface area contributed by atoms with Gasteiger partial charge in [0.2, 0.25) is 0 Å². The fraction of sp³-hybridized carbons (Fsp3) is 0.409. The van der Waals surface area contributed by atoms with Crippen LogP contribution in [0.4, 0.5) is 0 Å². The highest BCUT2D eigenvalue weighted by Gasteiger charge is 2.22. The molecule has 25 heavy (non-hydrogen) atoms. The average molecular weight is 337 g/mol. The molecule has 3 nitrogen and oxygen atoms in total. The van der Waals surface area contributed by atoms with E-state index < -0.39 is 0 Å². The first-order valence-electron chi connectivity index (χ1n) is 9.31. The van der Waals surface area contributed by atoms with Gasteiger partial charge in [0.15, 0.2) is 0 Å². The van der Waals surface area contributed by atoms with E-state index in [0.717, 1.165) is 13.1 Å². The lowest BCUT2D eigenvalue weighted by molar-refractivity contribution is 0.0526. The largest absolute Gasteiger partial charge is 0.462 e. The predicted octanol–water partition coefficient (Wildman–Crippen LogP) is 5.08. The highest BCUT2D eigenvalue weighted by Crippen LogP contribution is 2.33. The Labute approximate surface area is 150 Å². The number of hydrogen-bond acceptors (Lipinski definition) is 3. The number of carbonyl (C=O) groups is 1. The molecule has 0 amide bonds. The van der Waals surface area contributed by atoms with Crippen molar-refractivity contribution in [1.82, 2.24) is 4.90 Å². The van der Waals surface area contributed by atoms with Gasteiger partial charge in [-0.15, -0.1) is 0 Å². The smallest absolute Gasteiger partial charge is 0.338 e. The molecule has 1 heterocycles. The summed E-state index contributed by atoms with van der Waals surface area (Å²) >= 11 is 0. The second-order valence-electron chi connectivity index (χ2n) is 6.66. The van der Waals surface area contributed by atoms with Gasteiger partial charge in [0.25, 0.3) is 0 Å². The maximum absolute atomic E-state index is 12.2. The molecule has 0 aromatic heterocycles. The standard InChI is InChI=1S/C22H27NO2/c1-3-25-22(24)19-12-13-20(18-10-6-4-7-11-18)21(16-19)17(2)23-14-8-5-9-15-23/h4,6-7,10-13,16-17H,3,5,8-9,14-15H2,1-2H3. The van der Waals surface area contributed by atoms with Gasteiger partial charge < -0.3 is 4.74 Å². The summed E-state index contributed by atoms with van der Waals surface area (Å²) in [6.45, 7) is 6.74. The first-order valence-corrected chi connectivity index (χ1v) is 9.31. The van der Waals surface area contributed by atoms with E-state index in [4.69, 9.17) is 4.74 Å². The molecule has 1 fully saturated rings. The predicted molar refractivity (Wildman–Crippen MR) is 102 cm³/mol. The monoisotopic (exact) mass is 337 g/mol. The quantitative estimate of drug-likeness (QED) is 0.713. The number of carbonyl (C=O) groups excluding carboxylic acids is 1. The van der Waals surface area contributed by atoms with Crippen LogP contribution in [0.25, 0.3) is 11.1 Å². The number of rotatable bonds is 5. The average Bonchev–Trinajstić information content (AvgIpc) is 2.68. The summed E-state index contributed by atoms with van der Waals surface area (Å²) in [4.78, 5) is 14.7. The fourth-order valence-corrected chi connectivity index (χ4v) is 3.63. The molecule has 1 aliphatic heterocycles. The first-order chi connectivity index (χ1) is 12.2. The Kier molecular flexibility index (Phi) is 5.87. The van der Waals surface area contributed by atoms with Crippen LogP contribution >= 0.6 is 0 Å². The molecule has 1 saturated heterocycles. The van der Waals surface area contributed by atoms with Crippen LogP contribution in [0.1, 0.15) is 55.1 Å². The second kappa shape index (κ2) is 8.30. The molecule has 0 N–H and O–H groups in total. The van der Waals surface area contributed by atoms with Gasteiger partial charge in [0, 0.05) is 6.04 Å². The van der Waals surface area contributed by atoms with E-state index in [1.165, 1.54) is 36.0 Å². The Morgan fingerprint density at radius 2 is 1.80 bits per heavy atom. The molecule has 2 aromatic carbocycles. The van der Waals surface area contributed by atoms with Crippen molar-refractivity contribution < 1.29 is 9.53 Å². The summed E-state index contributed by atoms with van der Waals surface area (Å²) in [6, 6.07) is 16.7. The molecule has 0 saturated carbocycles. The minimum absolute atomic E-state index is 0.241. The van der Waals surface area contributed by atoms with Gasteiger partial charge in [-0.2, -0.15) is 0 Å². The minimum atomic E-state index is -0.241. The summed E-state index contributed by atoms with van der Waals surface area (Å²) in [7, 11) is 0. The Hall–Kier alpha value is -2.13. The Morgan fingerprint density at radius 1 is 1.08 bits per heavy atom. The molecule has 2 aromatic rings. The van der Waals surface area contributed by atoms with Gasteiger partial charge in [0.1, 0.15) is 0 Å². The van der Waals surface area contributed by atoms with Crippen molar-refractivity contribution in [3.8, 4) is 11.1 Å².